The van der Waals surface area contributed by atoms with E-state index in [1.54, 1.807) is 12.1 Å². The average molecular weight is 421 g/mol. The van der Waals surface area contributed by atoms with Crippen molar-refractivity contribution in [2.45, 2.75) is 51.5 Å². The van der Waals surface area contributed by atoms with E-state index < -0.39 is 12.2 Å². The van der Waals surface area contributed by atoms with Crippen molar-refractivity contribution in [1.29, 1.82) is 0 Å². The molecule has 0 amide bonds. The molecule has 0 saturated heterocycles. The van der Waals surface area contributed by atoms with Crippen molar-refractivity contribution < 1.29 is 14.9 Å². The maximum absolute atomic E-state index is 10.3. The Bertz CT molecular complexity index is 724. The van der Waals surface area contributed by atoms with Crippen LogP contribution >= 0.6 is 11.6 Å². The molecule has 2 aromatic carbocycles. The zero-order chi connectivity index (χ0) is 21.2. The summed E-state index contributed by atoms with van der Waals surface area (Å²) in [6.07, 6.45) is -0.292. The lowest BCUT2D eigenvalue weighted by atomic mass is 10.1. The first kappa shape index (κ1) is 23.6. The second-order valence-corrected chi connectivity index (χ2v) is 8.19. The van der Waals surface area contributed by atoms with Crippen molar-refractivity contribution in [2.24, 2.45) is 0 Å². The highest BCUT2D eigenvalue weighted by molar-refractivity contribution is 6.30. The molecule has 2 aromatic rings. The average Bonchev–Trinajstić information content (AvgIpc) is 2.70. The molecule has 4 N–H and O–H groups in total. The lowest BCUT2D eigenvalue weighted by Gasteiger charge is -2.18. The lowest BCUT2D eigenvalue weighted by molar-refractivity contribution is 0.104. The van der Waals surface area contributed by atoms with Gasteiger partial charge < -0.3 is 25.6 Å². The summed E-state index contributed by atoms with van der Waals surface area (Å²) in [6, 6.07) is 15.7. The number of hydrogen-bond donors (Lipinski definition) is 4. The summed E-state index contributed by atoms with van der Waals surface area (Å²) in [5.41, 5.74) is 1.99. The van der Waals surface area contributed by atoms with Crippen LogP contribution in [-0.2, 0) is 6.42 Å². The fourth-order valence-electron chi connectivity index (χ4n) is 2.92. The fourth-order valence-corrected chi connectivity index (χ4v) is 3.11. The molecule has 0 heterocycles. The van der Waals surface area contributed by atoms with Crippen LogP contribution in [0.1, 0.15) is 38.0 Å². The number of halogens is 1. The van der Waals surface area contributed by atoms with Gasteiger partial charge in [0.05, 0.1) is 6.10 Å². The summed E-state index contributed by atoms with van der Waals surface area (Å²) in [6.45, 7) is 7.41. The molecule has 3 atom stereocenters. The molecule has 0 radical (unpaired) electrons. The summed E-state index contributed by atoms with van der Waals surface area (Å²) < 4.78 is 5.65. The van der Waals surface area contributed by atoms with Crippen molar-refractivity contribution in [1.82, 2.24) is 10.6 Å². The number of aliphatic hydroxyl groups is 2. The van der Waals surface area contributed by atoms with Crippen LogP contribution in [0.15, 0.2) is 48.5 Å². The second-order valence-electron chi connectivity index (χ2n) is 7.76. The minimum Gasteiger partial charge on any atom is -0.491 e. The molecule has 0 aliphatic heterocycles. The van der Waals surface area contributed by atoms with Crippen LogP contribution in [0.3, 0.4) is 0 Å². The van der Waals surface area contributed by atoms with E-state index in [0.29, 0.717) is 24.2 Å². The molecule has 29 heavy (non-hydrogen) atoms. The first-order chi connectivity index (χ1) is 13.8. The summed E-state index contributed by atoms with van der Waals surface area (Å²) in [7, 11) is 0. The van der Waals surface area contributed by atoms with E-state index in [9.17, 15) is 10.2 Å². The Morgan fingerprint density at radius 3 is 2.34 bits per heavy atom. The minimum atomic E-state index is -0.594. The summed E-state index contributed by atoms with van der Waals surface area (Å²) in [5.74, 6) is 0.745. The highest BCUT2D eigenvalue weighted by Crippen LogP contribution is 2.18. The fraction of sp³-hybridized carbons (Fsp3) is 0.478. The summed E-state index contributed by atoms with van der Waals surface area (Å²) in [5, 5.41) is 27.4. The van der Waals surface area contributed by atoms with Gasteiger partial charge in [0.15, 0.2) is 0 Å². The van der Waals surface area contributed by atoms with Crippen LogP contribution in [0.5, 0.6) is 5.75 Å². The van der Waals surface area contributed by atoms with Gasteiger partial charge in [0.25, 0.3) is 0 Å². The van der Waals surface area contributed by atoms with Crippen LogP contribution in [-0.4, -0.2) is 48.1 Å². The van der Waals surface area contributed by atoms with Crippen molar-refractivity contribution in [3.05, 3.63) is 64.7 Å². The second kappa shape index (κ2) is 12.2. The number of benzene rings is 2. The van der Waals surface area contributed by atoms with Gasteiger partial charge in [-0.3, -0.25) is 0 Å². The molecule has 3 unspecified atom stereocenters. The molecule has 0 saturated carbocycles. The van der Waals surface area contributed by atoms with Gasteiger partial charge in [0.2, 0.25) is 0 Å². The van der Waals surface area contributed by atoms with E-state index in [0.717, 1.165) is 17.7 Å². The predicted octanol–water partition coefficient (Wildman–Crippen LogP) is 3.33. The largest absolute Gasteiger partial charge is 0.491 e. The Hall–Kier alpha value is -1.63. The Labute approximate surface area is 179 Å². The first-order valence-electron chi connectivity index (χ1n) is 10.1. The number of aliphatic hydroxyl groups excluding tert-OH is 2. The van der Waals surface area contributed by atoms with E-state index in [2.05, 4.69) is 17.6 Å². The van der Waals surface area contributed by atoms with Gasteiger partial charge >= 0.3 is 0 Å². The SMILES string of the molecule is CC(C)NCC(O)COc1ccc(CC(C)NCC(O)c2cccc(Cl)c2)cc1. The van der Waals surface area contributed by atoms with Gasteiger partial charge in [0.1, 0.15) is 18.5 Å². The smallest absolute Gasteiger partial charge is 0.119 e. The molecule has 0 spiro atoms. The van der Waals surface area contributed by atoms with Gasteiger partial charge in [0, 0.05) is 30.2 Å². The monoisotopic (exact) mass is 420 g/mol. The molecule has 0 aromatic heterocycles. The zero-order valence-electron chi connectivity index (χ0n) is 17.4. The van der Waals surface area contributed by atoms with Crippen LogP contribution in [0.4, 0.5) is 0 Å². The molecule has 0 fully saturated rings. The van der Waals surface area contributed by atoms with Crippen molar-refractivity contribution in [3.8, 4) is 5.75 Å². The molecule has 0 bridgehead atoms. The highest BCUT2D eigenvalue weighted by Gasteiger charge is 2.11. The quantitative estimate of drug-likeness (QED) is 0.424. The molecular weight excluding hydrogens is 388 g/mol. The molecule has 0 aliphatic carbocycles. The number of rotatable bonds is 12. The van der Waals surface area contributed by atoms with Crippen molar-refractivity contribution >= 4 is 11.6 Å². The van der Waals surface area contributed by atoms with Gasteiger partial charge in [-0.1, -0.05) is 49.7 Å². The molecule has 5 nitrogen and oxygen atoms in total. The Kier molecular flexibility index (Phi) is 9.91. The summed E-state index contributed by atoms with van der Waals surface area (Å²) in [4.78, 5) is 0. The molecule has 160 valence electrons. The van der Waals surface area contributed by atoms with Gasteiger partial charge in [-0.2, -0.15) is 0 Å². The van der Waals surface area contributed by atoms with E-state index in [4.69, 9.17) is 16.3 Å². The van der Waals surface area contributed by atoms with E-state index in [1.807, 2.05) is 50.2 Å². The standard InChI is InChI=1S/C23H33ClN2O3/c1-16(2)25-13-21(27)15-29-22-9-7-18(8-10-22)11-17(3)26-14-23(28)19-5-4-6-20(24)12-19/h4-10,12,16-17,21,23,25-28H,11,13-15H2,1-3H3. The maximum Gasteiger partial charge on any atom is 0.119 e. The third-order valence-electron chi connectivity index (χ3n) is 4.56. The topological polar surface area (TPSA) is 73.8 Å². The lowest BCUT2D eigenvalue weighted by Crippen LogP contribution is -2.35. The molecule has 6 heteroatoms. The highest BCUT2D eigenvalue weighted by atomic mass is 35.5. The third kappa shape index (κ3) is 9.15. The first-order valence-corrected chi connectivity index (χ1v) is 10.5. The third-order valence-corrected chi connectivity index (χ3v) is 4.80. The van der Waals surface area contributed by atoms with Crippen LogP contribution in [0.25, 0.3) is 0 Å². The maximum atomic E-state index is 10.3. The van der Waals surface area contributed by atoms with E-state index in [1.165, 1.54) is 5.56 Å². The van der Waals surface area contributed by atoms with Crippen LogP contribution in [0, 0.1) is 0 Å². The Morgan fingerprint density at radius 2 is 1.69 bits per heavy atom. The van der Waals surface area contributed by atoms with Crippen molar-refractivity contribution in [3.63, 3.8) is 0 Å². The van der Waals surface area contributed by atoms with E-state index >= 15 is 0 Å². The zero-order valence-corrected chi connectivity index (χ0v) is 18.2. The summed E-state index contributed by atoms with van der Waals surface area (Å²) >= 11 is 5.98. The number of hydrogen-bond acceptors (Lipinski definition) is 5. The molecule has 0 aliphatic rings. The molecule has 2 rings (SSSR count). The van der Waals surface area contributed by atoms with E-state index in [-0.39, 0.29) is 12.6 Å². The van der Waals surface area contributed by atoms with Crippen molar-refractivity contribution in [2.75, 3.05) is 19.7 Å². The van der Waals surface area contributed by atoms with Gasteiger partial charge in [-0.05, 0) is 48.7 Å². The van der Waals surface area contributed by atoms with Gasteiger partial charge in [-0.15, -0.1) is 0 Å². The van der Waals surface area contributed by atoms with Gasteiger partial charge in [-0.25, -0.2) is 0 Å². The normalized spacial score (nSPS) is 14.6. The number of nitrogens with one attached hydrogen (secondary N) is 2. The Balaban J connectivity index is 1.73. The minimum absolute atomic E-state index is 0.208. The number of ether oxygens (including phenoxy) is 1. The van der Waals surface area contributed by atoms with Crippen LogP contribution in [0.2, 0.25) is 5.02 Å². The Morgan fingerprint density at radius 1 is 0.966 bits per heavy atom. The molecular formula is C23H33ClN2O3. The van der Waals surface area contributed by atoms with Crippen LogP contribution < -0.4 is 15.4 Å². The predicted molar refractivity (Wildman–Crippen MR) is 119 cm³/mol.